The van der Waals surface area contributed by atoms with Gasteiger partial charge in [-0.1, -0.05) is 12.1 Å². The Balaban J connectivity index is 1.53. The molecule has 1 aromatic carbocycles. The third-order valence-corrected chi connectivity index (χ3v) is 4.87. The van der Waals surface area contributed by atoms with Crippen molar-refractivity contribution < 1.29 is 9.84 Å². The molecule has 6 heteroatoms. The standard InChI is InChI=1S/C21H20N4O2/c1-14-5-6-15(11-22)21(24-14)25-10-8-20(18(26)13-25)27-19-4-2-3-16-12-23-9-7-17(16)19/h2-7,9,12,18,20,26H,8,10,13H2,1H3/t18-,20-/m1/s1. The Bertz CT molecular complexity index is 1010. The first-order valence-electron chi connectivity index (χ1n) is 8.96. The fourth-order valence-corrected chi connectivity index (χ4v) is 3.47. The van der Waals surface area contributed by atoms with Crippen molar-refractivity contribution in [2.24, 2.45) is 0 Å². The van der Waals surface area contributed by atoms with Gasteiger partial charge in [-0.2, -0.15) is 5.26 Å². The van der Waals surface area contributed by atoms with E-state index in [0.717, 1.165) is 22.2 Å². The van der Waals surface area contributed by atoms with E-state index in [9.17, 15) is 10.4 Å². The van der Waals surface area contributed by atoms with Gasteiger partial charge in [0.05, 0.1) is 5.56 Å². The SMILES string of the molecule is Cc1ccc(C#N)c(N2CC[C@@H](Oc3cccc4cnccc34)[C@H](O)C2)n1. The highest BCUT2D eigenvalue weighted by Crippen LogP contribution is 2.29. The Morgan fingerprint density at radius 1 is 1.26 bits per heavy atom. The minimum absolute atomic E-state index is 0.310. The van der Waals surface area contributed by atoms with Crippen molar-refractivity contribution in [3.05, 3.63) is 60.0 Å². The molecule has 0 saturated carbocycles. The quantitative estimate of drug-likeness (QED) is 0.773. The van der Waals surface area contributed by atoms with Crippen molar-refractivity contribution in [1.29, 1.82) is 5.26 Å². The van der Waals surface area contributed by atoms with E-state index in [2.05, 4.69) is 16.0 Å². The highest BCUT2D eigenvalue weighted by atomic mass is 16.5. The van der Waals surface area contributed by atoms with Crippen molar-refractivity contribution in [1.82, 2.24) is 9.97 Å². The Labute approximate surface area is 157 Å². The first-order chi connectivity index (χ1) is 13.2. The van der Waals surface area contributed by atoms with Gasteiger partial charge in [-0.15, -0.1) is 0 Å². The van der Waals surface area contributed by atoms with E-state index in [1.807, 2.05) is 42.2 Å². The van der Waals surface area contributed by atoms with Crippen LogP contribution in [-0.2, 0) is 0 Å². The molecule has 1 saturated heterocycles. The molecule has 136 valence electrons. The van der Waals surface area contributed by atoms with Crippen molar-refractivity contribution >= 4 is 16.6 Å². The first kappa shape index (κ1) is 17.3. The number of ether oxygens (including phenoxy) is 1. The maximum absolute atomic E-state index is 10.7. The number of benzene rings is 1. The summed E-state index contributed by atoms with van der Waals surface area (Å²) in [6, 6.07) is 13.5. The summed E-state index contributed by atoms with van der Waals surface area (Å²) in [4.78, 5) is 10.6. The van der Waals surface area contributed by atoms with Crippen LogP contribution >= 0.6 is 0 Å². The first-order valence-corrected chi connectivity index (χ1v) is 8.96. The summed E-state index contributed by atoms with van der Waals surface area (Å²) < 4.78 is 6.16. The smallest absolute Gasteiger partial charge is 0.146 e. The molecule has 6 nitrogen and oxygen atoms in total. The number of anilines is 1. The van der Waals surface area contributed by atoms with Crippen molar-refractivity contribution in [2.75, 3.05) is 18.0 Å². The molecular weight excluding hydrogens is 340 g/mol. The van der Waals surface area contributed by atoms with E-state index in [-0.39, 0.29) is 6.10 Å². The molecular formula is C21H20N4O2. The molecule has 1 aliphatic heterocycles. The predicted molar refractivity (Wildman–Crippen MR) is 103 cm³/mol. The number of aryl methyl sites for hydroxylation is 1. The van der Waals surface area contributed by atoms with Gasteiger partial charge in [-0.05, 0) is 31.2 Å². The Hall–Kier alpha value is -3.17. The van der Waals surface area contributed by atoms with Crippen molar-refractivity contribution in [3.63, 3.8) is 0 Å². The number of aliphatic hydroxyl groups excluding tert-OH is 1. The largest absolute Gasteiger partial charge is 0.487 e. The Morgan fingerprint density at radius 3 is 2.96 bits per heavy atom. The molecule has 0 radical (unpaired) electrons. The van der Waals surface area contributed by atoms with Crippen LogP contribution in [0.15, 0.2) is 48.8 Å². The summed E-state index contributed by atoms with van der Waals surface area (Å²) in [6.07, 6.45) is 3.19. The van der Waals surface area contributed by atoms with Gasteiger partial charge in [0.25, 0.3) is 0 Å². The zero-order chi connectivity index (χ0) is 18.8. The zero-order valence-electron chi connectivity index (χ0n) is 15.0. The molecule has 1 aliphatic rings. The van der Waals surface area contributed by atoms with Crippen LogP contribution in [0.3, 0.4) is 0 Å². The van der Waals surface area contributed by atoms with Gasteiger partial charge < -0.3 is 14.7 Å². The molecule has 4 rings (SSSR count). The number of pyridine rings is 2. The second-order valence-corrected chi connectivity index (χ2v) is 6.75. The number of hydrogen-bond donors (Lipinski definition) is 1. The van der Waals surface area contributed by atoms with Gasteiger partial charge in [0.2, 0.25) is 0 Å². The summed E-state index contributed by atoms with van der Waals surface area (Å²) in [7, 11) is 0. The number of fused-ring (bicyclic) bond motifs is 1. The van der Waals surface area contributed by atoms with E-state index < -0.39 is 6.10 Å². The number of aromatic nitrogens is 2. The molecule has 0 aliphatic carbocycles. The average molecular weight is 360 g/mol. The third-order valence-electron chi connectivity index (χ3n) is 4.87. The highest BCUT2D eigenvalue weighted by Gasteiger charge is 2.31. The monoisotopic (exact) mass is 360 g/mol. The van der Waals surface area contributed by atoms with Crippen molar-refractivity contribution in [2.45, 2.75) is 25.6 Å². The predicted octanol–water partition coefficient (Wildman–Crippen LogP) is 2.83. The van der Waals surface area contributed by atoms with Gasteiger partial charge >= 0.3 is 0 Å². The van der Waals surface area contributed by atoms with Crippen molar-refractivity contribution in [3.8, 4) is 11.8 Å². The van der Waals surface area contributed by atoms with Crippen LogP contribution in [0.5, 0.6) is 5.75 Å². The summed E-state index contributed by atoms with van der Waals surface area (Å²) >= 11 is 0. The molecule has 1 N–H and O–H groups in total. The third kappa shape index (κ3) is 3.42. The van der Waals surface area contributed by atoms with Crippen LogP contribution in [0.2, 0.25) is 0 Å². The minimum atomic E-state index is -0.676. The molecule has 3 aromatic rings. The number of nitrogens with zero attached hydrogens (tertiary/aromatic N) is 4. The average Bonchev–Trinajstić information content (AvgIpc) is 2.69. The number of nitriles is 1. The van der Waals surface area contributed by atoms with E-state index >= 15 is 0 Å². The van der Waals surface area contributed by atoms with Crippen LogP contribution < -0.4 is 9.64 Å². The molecule has 0 amide bonds. The van der Waals surface area contributed by atoms with Gasteiger partial charge in [-0.25, -0.2) is 4.98 Å². The summed E-state index contributed by atoms with van der Waals surface area (Å²) in [5.74, 6) is 1.38. The van der Waals surface area contributed by atoms with Crippen LogP contribution in [0.1, 0.15) is 17.7 Å². The second kappa shape index (κ2) is 7.22. The van der Waals surface area contributed by atoms with Gasteiger partial charge in [0.1, 0.15) is 29.8 Å². The van der Waals surface area contributed by atoms with Crippen LogP contribution in [0, 0.1) is 18.3 Å². The Kier molecular flexibility index (Phi) is 4.61. The molecule has 1 fully saturated rings. The number of aliphatic hydroxyl groups is 1. The molecule has 0 bridgehead atoms. The van der Waals surface area contributed by atoms with Crippen LogP contribution in [0.4, 0.5) is 5.82 Å². The fourth-order valence-electron chi connectivity index (χ4n) is 3.47. The van der Waals surface area contributed by atoms with Gasteiger partial charge in [-0.3, -0.25) is 4.98 Å². The summed E-state index contributed by atoms with van der Waals surface area (Å²) in [6.45, 7) is 2.94. The summed E-state index contributed by atoms with van der Waals surface area (Å²) in [5, 5.41) is 22.0. The molecule has 3 heterocycles. The Morgan fingerprint density at radius 2 is 2.15 bits per heavy atom. The minimum Gasteiger partial charge on any atom is -0.487 e. The molecule has 2 aromatic heterocycles. The molecule has 0 spiro atoms. The lowest BCUT2D eigenvalue weighted by atomic mass is 10.0. The molecule has 2 atom stereocenters. The molecule has 0 unspecified atom stereocenters. The lowest BCUT2D eigenvalue weighted by Gasteiger charge is -2.37. The van der Waals surface area contributed by atoms with E-state index in [1.165, 1.54) is 0 Å². The fraction of sp³-hybridized carbons (Fsp3) is 0.286. The second-order valence-electron chi connectivity index (χ2n) is 6.75. The summed E-state index contributed by atoms with van der Waals surface area (Å²) in [5.41, 5.74) is 1.37. The van der Waals surface area contributed by atoms with Gasteiger partial charge in [0, 0.05) is 48.4 Å². The topological polar surface area (TPSA) is 82.3 Å². The highest BCUT2D eigenvalue weighted by molar-refractivity contribution is 5.87. The maximum Gasteiger partial charge on any atom is 0.146 e. The van der Waals surface area contributed by atoms with Gasteiger partial charge in [0.15, 0.2) is 0 Å². The van der Waals surface area contributed by atoms with E-state index in [0.29, 0.717) is 30.9 Å². The maximum atomic E-state index is 10.7. The normalized spacial score (nSPS) is 19.7. The van der Waals surface area contributed by atoms with Crippen LogP contribution in [0.25, 0.3) is 10.8 Å². The number of β-amino-alcohol motifs (C(OH)–C–C–N with tert-alkyl or cyclic N) is 1. The zero-order valence-corrected chi connectivity index (χ0v) is 15.0. The lowest BCUT2D eigenvalue weighted by Crippen LogP contribution is -2.49. The lowest BCUT2D eigenvalue weighted by molar-refractivity contribution is 0.0249. The van der Waals surface area contributed by atoms with Crippen LogP contribution in [-0.4, -0.2) is 40.4 Å². The van der Waals surface area contributed by atoms with E-state index in [1.54, 1.807) is 18.5 Å². The number of hydrogen-bond acceptors (Lipinski definition) is 6. The number of rotatable bonds is 3. The van der Waals surface area contributed by atoms with E-state index in [4.69, 9.17) is 4.74 Å². The number of piperidine rings is 1. The molecule has 27 heavy (non-hydrogen) atoms.